The molecule has 0 aliphatic heterocycles. The van der Waals surface area contributed by atoms with Crippen LogP contribution in [0.1, 0.15) is 41.2 Å². The molecule has 0 amide bonds. The number of rotatable bonds is 4. The third-order valence-corrected chi connectivity index (χ3v) is 7.26. The molecule has 0 unspecified atom stereocenters. The summed E-state index contributed by atoms with van der Waals surface area (Å²) >= 11 is 3.45. The number of furan rings is 1. The summed E-state index contributed by atoms with van der Waals surface area (Å²) in [5.74, 6) is 4.04. The summed E-state index contributed by atoms with van der Waals surface area (Å²) in [5, 5.41) is 10.6. The first kappa shape index (κ1) is 17.9. The van der Waals surface area contributed by atoms with Crippen LogP contribution in [0.2, 0.25) is 0 Å². The number of thiophene rings is 1. The minimum Gasteiger partial charge on any atom is -0.466 e. The van der Waals surface area contributed by atoms with Crippen LogP contribution in [-0.4, -0.2) is 20.2 Å². The second kappa shape index (κ2) is 7.00. The highest BCUT2D eigenvalue weighted by Crippen LogP contribution is 2.41. The predicted octanol–water partition coefficient (Wildman–Crippen LogP) is 5.37. The fraction of sp³-hybridized carbons (Fsp3) is 0.400. The van der Waals surface area contributed by atoms with Gasteiger partial charge >= 0.3 is 0 Å². The topological polar surface area (TPSA) is 77.8 Å². The zero-order valence-electron chi connectivity index (χ0n) is 16.0. The van der Waals surface area contributed by atoms with Crippen molar-refractivity contribution in [2.75, 3.05) is 0 Å². The third-order valence-electron chi connectivity index (χ3n) is 5.13. The highest BCUT2D eigenvalue weighted by Gasteiger charge is 2.23. The molecule has 1 atom stereocenters. The van der Waals surface area contributed by atoms with Crippen LogP contribution in [0.5, 0.6) is 0 Å². The third kappa shape index (κ3) is 3.14. The highest BCUT2D eigenvalue weighted by atomic mass is 32.2. The summed E-state index contributed by atoms with van der Waals surface area (Å²) in [6.07, 6.45) is 5.15. The monoisotopic (exact) mass is 412 g/mol. The lowest BCUT2D eigenvalue weighted by atomic mass is 9.89. The van der Waals surface area contributed by atoms with Gasteiger partial charge in [0.05, 0.1) is 11.3 Å². The van der Waals surface area contributed by atoms with Crippen molar-refractivity contribution >= 4 is 33.3 Å². The normalized spacial score (nSPS) is 16.6. The highest BCUT2D eigenvalue weighted by molar-refractivity contribution is 7.98. The number of hydrogen-bond acceptors (Lipinski definition) is 8. The molecule has 0 aromatic carbocycles. The van der Waals surface area contributed by atoms with E-state index in [0.29, 0.717) is 17.5 Å². The summed E-state index contributed by atoms with van der Waals surface area (Å²) in [4.78, 5) is 11.6. The van der Waals surface area contributed by atoms with Gasteiger partial charge in [0.2, 0.25) is 5.89 Å². The van der Waals surface area contributed by atoms with Gasteiger partial charge in [0, 0.05) is 10.3 Å². The Morgan fingerprint density at radius 1 is 1.21 bits per heavy atom. The van der Waals surface area contributed by atoms with Crippen LogP contribution in [0.4, 0.5) is 0 Å². The van der Waals surface area contributed by atoms with Crippen molar-refractivity contribution in [1.29, 1.82) is 0 Å². The van der Waals surface area contributed by atoms with Crippen LogP contribution in [-0.2, 0) is 18.6 Å². The summed E-state index contributed by atoms with van der Waals surface area (Å²) < 4.78 is 11.4. The van der Waals surface area contributed by atoms with E-state index in [9.17, 15) is 0 Å². The Bertz CT molecular complexity index is 1160. The molecule has 0 saturated carbocycles. The second-order valence-electron chi connectivity index (χ2n) is 7.33. The average molecular weight is 413 g/mol. The number of thioether (sulfide) groups is 1. The first-order chi connectivity index (χ1) is 13.6. The molecule has 144 valence electrons. The van der Waals surface area contributed by atoms with E-state index in [1.807, 2.05) is 31.3 Å². The molecule has 28 heavy (non-hydrogen) atoms. The zero-order valence-corrected chi connectivity index (χ0v) is 17.6. The van der Waals surface area contributed by atoms with Crippen LogP contribution in [0.25, 0.3) is 21.7 Å². The average Bonchev–Trinajstić information content (AvgIpc) is 3.36. The van der Waals surface area contributed by atoms with Gasteiger partial charge in [-0.2, -0.15) is 0 Å². The Morgan fingerprint density at radius 3 is 2.93 bits per heavy atom. The van der Waals surface area contributed by atoms with Gasteiger partial charge in [0.1, 0.15) is 27.7 Å². The summed E-state index contributed by atoms with van der Waals surface area (Å²) in [6.45, 7) is 6.14. The number of aromatic nitrogens is 4. The van der Waals surface area contributed by atoms with E-state index >= 15 is 0 Å². The second-order valence-corrected chi connectivity index (χ2v) is 9.37. The maximum absolute atomic E-state index is 5.86. The smallest absolute Gasteiger partial charge is 0.251 e. The Labute approximate surface area is 170 Å². The molecule has 0 bridgehead atoms. The van der Waals surface area contributed by atoms with Gasteiger partial charge in [-0.3, -0.25) is 0 Å². The van der Waals surface area contributed by atoms with Crippen molar-refractivity contribution in [3.8, 4) is 11.5 Å². The van der Waals surface area contributed by atoms with Crippen molar-refractivity contribution < 1.29 is 8.83 Å². The molecule has 1 aliphatic rings. The first-order valence-corrected chi connectivity index (χ1v) is 11.2. The minimum absolute atomic E-state index is 0.500. The lowest BCUT2D eigenvalue weighted by molar-refractivity contribution is 0.499. The fourth-order valence-electron chi connectivity index (χ4n) is 3.75. The standard InChI is InChI=1S/C20H20N4O2S2/c1-10-4-5-13-15(6-10)28-20-17(13)19(21-9-22-20)27-8-16-23-24-18(26-16)14-7-11(2)25-12(14)3/h7,9-10H,4-6,8H2,1-3H3/t10-/m1/s1. The van der Waals surface area contributed by atoms with Crippen LogP contribution in [0, 0.1) is 19.8 Å². The van der Waals surface area contributed by atoms with Gasteiger partial charge in [0.15, 0.2) is 0 Å². The molecule has 4 aromatic rings. The van der Waals surface area contributed by atoms with Gasteiger partial charge < -0.3 is 8.83 Å². The Balaban J connectivity index is 1.40. The summed E-state index contributed by atoms with van der Waals surface area (Å²) in [5.41, 5.74) is 2.30. The lowest BCUT2D eigenvalue weighted by Gasteiger charge is -2.18. The number of nitrogens with zero attached hydrogens (tertiary/aromatic N) is 4. The van der Waals surface area contributed by atoms with Crippen LogP contribution >= 0.6 is 23.1 Å². The van der Waals surface area contributed by atoms with E-state index < -0.39 is 0 Å². The maximum Gasteiger partial charge on any atom is 0.251 e. The fourth-order valence-corrected chi connectivity index (χ4v) is 6.03. The van der Waals surface area contributed by atoms with Crippen molar-refractivity contribution in [2.45, 2.75) is 50.8 Å². The van der Waals surface area contributed by atoms with Gasteiger partial charge in [-0.05, 0) is 50.7 Å². The van der Waals surface area contributed by atoms with Crippen molar-refractivity contribution in [2.24, 2.45) is 5.92 Å². The molecule has 0 saturated heterocycles. The van der Waals surface area contributed by atoms with Gasteiger partial charge in [-0.25, -0.2) is 9.97 Å². The molecule has 0 radical (unpaired) electrons. The predicted molar refractivity (Wildman–Crippen MR) is 110 cm³/mol. The van der Waals surface area contributed by atoms with E-state index in [4.69, 9.17) is 8.83 Å². The minimum atomic E-state index is 0.500. The molecule has 0 spiro atoms. The molecule has 0 N–H and O–H groups in total. The Kier molecular flexibility index (Phi) is 4.47. The molecule has 0 fully saturated rings. The molecular weight excluding hydrogens is 392 g/mol. The van der Waals surface area contributed by atoms with E-state index in [2.05, 4.69) is 27.1 Å². The zero-order chi connectivity index (χ0) is 19.3. The largest absolute Gasteiger partial charge is 0.466 e. The summed E-state index contributed by atoms with van der Waals surface area (Å²) in [7, 11) is 0. The van der Waals surface area contributed by atoms with Gasteiger partial charge in [-0.15, -0.1) is 21.5 Å². The molecule has 1 aliphatic carbocycles. The molecule has 4 aromatic heterocycles. The van der Waals surface area contributed by atoms with Gasteiger partial charge in [0.25, 0.3) is 5.89 Å². The van der Waals surface area contributed by atoms with Crippen molar-refractivity contribution in [3.63, 3.8) is 0 Å². The lowest BCUT2D eigenvalue weighted by Crippen LogP contribution is -2.08. The van der Waals surface area contributed by atoms with Crippen LogP contribution in [0.3, 0.4) is 0 Å². The van der Waals surface area contributed by atoms with Crippen LogP contribution in [0.15, 0.2) is 26.3 Å². The van der Waals surface area contributed by atoms with Crippen LogP contribution < -0.4 is 0 Å². The Morgan fingerprint density at radius 2 is 2.11 bits per heavy atom. The summed E-state index contributed by atoms with van der Waals surface area (Å²) in [6, 6.07) is 1.92. The molecule has 8 heteroatoms. The number of hydrogen-bond donors (Lipinski definition) is 0. The molecular formula is C20H20N4O2S2. The first-order valence-electron chi connectivity index (χ1n) is 9.36. The quantitative estimate of drug-likeness (QED) is 0.329. The van der Waals surface area contributed by atoms with E-state index in [-0.39, 0.29) is 0 Å². The van der Waals surface area contributed by atoms with Crippen molar-refractivity contribution in [3.05, 3.63) is 40.2 Å². The SMILES string of the molecule is Cc1cc(-c2nnc(CSc3ncnc4sc5c(c34)CC[C@@H](C)C5)o2)c(C)o1. The van der Waals surface area contributed by atoms with Crippen molar-refractivity contribution in [1.82, 2.24) is 20.2 Å². The molecule has 5 rings (SSSR count). The Hall–Kier alpha value is -2.19. The van der Waals surface area contributed by atoms with E-state index in [1.165, 1.54) is 22.2 Å². The van der Waals surface area contributed by atoms with E-state index in [0.717, 1.165) is 45.7 Å². The molecule has 4 heterocycles. The maximum atomic E-state index is 5.86. The van der Waals surface area contributed by atoms with E-state index in [1.54, 1.807) is 18.1 Å². The van der Waals surface area contributed by atoms with Gasteiger partial charge in [-0.1, -0.05) is 18.7 Å². The number of aryl methyl sites for hydroxylation is 3. The molecule has 6 nitrogen and oxygen atoms in total. The number of fused-ring (bicyclic) bond motifs is 3.